The molecule has 1 aromatic heterocycles. The van der Waals surface area contributed by atoms with E-state index in [1.165, 1.54) is 22.2 Å². The molecule has 0 bridgehead atoms. The van der Waals surface area contributed by atoms with Crippen molar-refractivity contribution < 1.29 is 24.1 Å². The molecule has 174 valence electrons. The molecule has 0 radical (unpaired) electrons. The van der Waals surface area contributed by atoms with E-state index in [0.717, 1.165) is 12.1 Å². The fraction of sp³-hybridized carbons (Fsp3) is 0.280. The number of fused-ring (bicyclic) bond motifs is 1. The molecule has 2 fully saturated rings. The monoisotopic (exact) mass is 477 g/mol. The number of carbonyl (C=O) groups is 3. The molecule has 0 saturated carbocycles. The molecule has 5 rings (SSSR count). The largest absolute Gasteiger partial charge is 0.477 e. The first-order valence-electron chi connectivity index (χ1n) is 11.1. The van der Waals surface area contributed by atoms with E-state index >= 15 is 0 Å². The summed E-state index contributed by atoms with van der Waals surface area (Å²) in [7, 11) is 0. The van der Waals surface area contributed by atoms with Gasteiger partial charge in [0.05, 0.1) is 0 Å². The lowest BCUT2D eigenvalue weighted by atomic mass is 10.0. The molecule has 8 nitrogen and oxygen atoms in total. The Bertz CT molecular complexity index is 1210. The van der Waals surface area contributed by atoms with E-state index in [2.05, 4.69) is 16.7 Å². The molecular formula is C25H25N4O4S+. The van der Waals surface area contributed by atoms with Crippen LogP contribution in [-0.4, -0.2) is 56.4 Å². The second kappa shape index (κ2) is 9.08. The van der Waals surface area contributed by atoms with Crippen LogP contribution in [0.3, 0.4) is 0 Å². The van der Waals surface area contributed by atoms with E-state index in [-0.39, 0.29) is 17.0 Å². The Balaban J connectivity index is 1.28. The lowest BCUT2D eigenvalue weighted by Gasteiger charge is -2.47. The van der Waals surface area contributed by atoms with Crippen molar-refractivity contribution in [2.45, 2.75) is 30.9 Å². The number of likely N-dealkylation sites (tertiary alicyclic amines) is 1. The average Bonchev–Trinajstić information content (AvgIpc) is 3.18. The van der Waals surface area contributed by atoms with Gasteiger partial charge in [-0.15, -0.1) is 11.8 Å². The summed E-state index contributed by atoms with van der Waals surface area (Å²) in [6, 6.07) is 13.6. The number of allylic oxidation sites excluding steroid dienone is 1. The number of carboxylic acids is 1. The van der Waals surface area contributed by atoms with E-state index in [9.17, 15) is 19.5 Å². The molecule has 0 aliphatic carbocycles. The Labute approximate surface area is 201 Å². The van der Waals surface area contributed by atoms with Gasteiger partial charge in [-0.25, -0.2) is 9.36 Å². The number of aliphatic carboxylic acids is 1. The standard InChI is InChI=1S/C25H24N4O4S/c26-20-23(31)29-21(25(32)33)19(15-34-24(20)29)12-18-8-11-28(22(18)30)14-17-6-9-27(10-7-17)13-16-4-2-1-3-5-16/h1-7,9-10,12,20,24H,8,11,13-15,26H2/p+1/b18-12+/t20-,24-/m1/s1. The maximum absolute atomic E-state index is 13.0. The van der Waals surface area contributed by atoms with E-state index in [0.29, 0.717) is 36.4 Å². The number of nitrogens with two attached hydrogens (primary N) is 1. The molecule has 9 heteroatoms. The highest BCUT2D eigenvalue weighted by atomic mass is 32.2. The number of hydrogen-bond acceptors (Lipinski definition) is 5. The molecule has 4 heterocycles. The summed E-state index contributed by atoms with van der Waals surface area (Å²) >= 11 is 1.43. The molecule has 2 amide bonds. The van der Waals surface area contributed by atoms with Crippen LogP contribution in [0.15, 0.2) is 77.8 Å². The van der Waals surface area contributed by atoms with Gasteiger partial charge in [0.1, 0.15) is 17.1 Å². The molecule has 2 atom stereocenters. The van der Waals surface area contributed by atoms with E-state index in [1.807, 2.05) is 42.7 Å². The van der Waals surface area contributed by atoms with Crippen LogP contribution in [0.25, 0.3) is 0 Å². The Morgan fingerprint density at radius 1 is 1.15 bits per heavy atom. The number of amides is 2. The smallest absolute Gasteiger partial charge is 0.352 e. The third-order valence-corrected chi connectivity index (χ3v) is 7.67. The van der Waals surface area contributed by atoms with Crippen LogP contribution in [0.2, 0.25) is 0 Å². The van der Waals surface area contributed by atoms with Crippen molar-refractivity contribution in [3.63, 3.8) is 0 Å². The van der Waals surface area contributed by atoms with Crippen molar-refractivity contribution in [3.05, 3.63) is 88.9 Å². The quantitative estimate of drug-likeness (QED) is 0.369. The molecule has 1 aromatic carbocycles. The molecule has 0 spiro atoms. The second-order valence-corrected chi connectivity index (χ2v) is 9.73. The molecule has 3 aliphatic rings. The minimum absolute atomic E-state index is 0.0553. The number of hydrogen-bond donors (Lipinski definition) is 2. The van der Waals surface area contributed by atoms with Gasteiger partial charge in [0.25, 0.3) is 0 Å². The van der Waals surface area contributed by atoms with E-state index in [1.54, 1.807) is 11.0 Å². The number of rotatable bonds is 6. The number of nitrogens with zero attached hydrogens (tertiary/aromatic N) is 3. The van der Waals surface area contributed by atoms with Gasteiger partial charge in [-0.3, -0.25) is 14.5 Å². The average molecular weight is 478 g/mol. The van der Waals surface area contributed by atoms with Crippen molar-refractivity contribution in [1.82, 2.24) is 9.80 Å². The first-order valence-corrected chi connectivity index (χ1v) is 12.2. The minimum Gasteiger partial charge on any atom is -0.477 e. The molecule has 0 unspecified atom stereocenters. The van der Waals surface area contributed by atoms with Gasteiger partial charge in [-0.1, -0.05) is 30.3 Å². The van der Waals surface area contributed by atoms with Crippen LogP contribution in [0.5, 0.6) is 0 Å². The first-order chi connectivity index (χ1) is 16.4. The molecule has 2 saturated heterocycles. The summed E-state index contributed by atoms with van der Waals surface area (Å²) in [5, 5.41) is 9.36. The topological polar surface area (TPSA) is 108 Å². The summed E-state index contributed by atoms with van der Waals surface area (Å²) in [6.07, 6.45) is 6.21. The van der Waals surface area contributed by atoms with Crippen LogP contribution >= 0.6 is 11.8 Å². The molecule has 34 heavy (non-hydrogen) atoms. The van der Waals surface area contributed by atoms with Crippen LogP contribution in [-0.2, 0) is 27.5 Å². The van der Waals surface area contributed by atoms with Crippen molar-refractivity contribution in [1.29, 1.82) is 0 Å². The zero-order valence-corrected chi connectivity index (χ0v) is 19.3. The second-order valence-electron chi connectivity index (χ2n) is 8.63. The molecule has 3 aliphatic heterocycles. The lowest BCUT2D eigenvalue weighted by molar-refractivity contribution is -0.688. The Hall–Kier alpha value is -3.43. The van der Waals surface area contributed by atoms with Gasteiger partial charge in [0.2, 0.25) is 11.8 Å². The summed E-state index contributed by atoms with van der Waals surface area (Å²) in [5.74, 6) is -1.26. The van der Waals surface area contributed by atoms with Crippen LogP contribution < -0.4 is 10.3 Å². The molecular weight excluding hydrogens is 452 g/mol. The first kappa shape index (κ1) is 22.4. The Kier molecular flexibility index (Phi) is 5.97. The van der Waals surface area contributed by atoms with Gasteiger partial charge in [0.15, 0.2) is 18.9 Å². The van der Waals surface area contributed by atoms with Gasteiger partial charge in [0, 0.05) is 42.1 Å². The van der Waals surface area contributed by atoms with Crippen LogP contribution in [0.1, 0.15) is 17.5 Å². The summed E-state index contributed by atoms with van der Waals surface area (Å²) in [5.41, 5.74) is 9.05. The van der Waals surface area contributed by atoms with Crippen LogP contribution in [0.4, 0.5) is 0 Å². The number of pyridine rings is 1. The number of carboxylic acid groups (broad SMARTS) is 1. The number of carbonyl (C=O) groups excluding carboxylic acids is 2. The predicted molar refractivity (Wildman–Crippen MR) is 126 cm³/mol. The highest BCUT2D eigenvalue weighted by Crippen LogP contribution is 2.40. The minimum atomic E-state index is -1.17. The third-order valence-electron chi connectivity index (χ3n) is 6.34. The number of thioether (sulfide) groups is 1. The number of benzene rings is 1. The molecule has 2 aromatic rings. The number of β-lactam (4-membered cyclic amide) rings is 1. The van der Waals surface area contributed by atoms with Gasteiger partial charge in [-0.05, 0) is 23.6 Å². The normalized spacial score (nSPS) is 23.4. The van der Waals surface area contributed by atoms with Crippen molar-refractivity contribution in [2.75, 3.05) is 12.3 Å². The summed E-state index contributed by atoms with van der Waals surface area (Å²) in [4.78, 5) is 40.1. The highest BCUT2D eigenvalue weighted by molar-refractivity contribution is 8.00. The van der Waals surface area contributed by atoms with E-state index in [4.69, 9.17) is 5.73 Å². The van der Waals surface area contributed by atoms with Gasteiger partial charge in [-0.2, -0.15) is 0 Å². The Morgan fingerprint density at radius 2 is 1.88 bits per heavy atom. The lowest BCUT2D eigenvalue weighted by Crippen LogP contribution is -2.68. The molecule has 3 N–H and O–H groups in total. The fourth-order valence-corrected chi connectivity index (χ4v) is 5.78. The van der Waals surface area contributed by atoms with Crippen molar-refractivity contribution in [3.8, 4) is 0 Å². The maximum Gasteiger partial charge on any atom is 0.352 e. The van der Waals surface area contributed by atoms with Gasteiger partial charge >= 0.3 is 5.97 Å². The van der Waals surface area contributed by atoms with E-state index < -0.39 is 17.9 Å². The Morgan fingerprint density at radius 3 is 2.59 bits per heavy atom. The van der Waals surface area contributed by atoms with Crippen LogP contribution in [0, 0.1) is 0 Å². The van der Waals surface area contributed by atoms with Gasteiger partial charge < -0.3 is 15.7 Å². The zero-order valence-electron chi connectivity index (χ0n) is 18.5. The SMILES string of the molecule is N[C@@H]1C(=O)N2C(C(=O)O)=C(/C=C3\CCN(Cc4cc[n+](Cc5ccccc5)cc4)C3=O)CS[C@H]12. The third kappa shape index (κ3) is 4.12. The zero-order chi connectivity index (χ0) is 23.8. The maximum atomic E-state index is 13.0. The van der Waals surface area contributed by atoms with Crippen molar-refractivity contribution in [2.24, 2.45) is 5.73 Å². The summed E-state index contributed by atoms with van der Waals surface area (Å²) in [6.45, 7) is 1.84. The summed E-state index contributed by atoms with van der Waals surface area (Å²) < 4.78 is 2.09. The highest BCUT2D eigenvalue weighted by Gasteiger charge is 2.51. The number of aromatic nitrogens is 1. The van der Waals surface area contributed by atoms with Crippen molar-refractivity contribution >= 4 is 29.5 Å². The fourth-order valence-electron chi connectivity index (χ4n) is 4.53. The predicted octanol–water partition coefficient (Wildman–Crippen LogP) is 1.26.